The van der Waals surface area contributed by atoms with E-state index in [1.165, 1.54) is 18.2 Å². The second-order valence-electron chi connectivity index (χ2n) is 5.72. The summed E-state index contributed by atoms with van der Waals surface area (Å²) in [4.78, 5) is 33.7. The van der Waals surface area contributed by atoms with E-state index in [4.69, 9.17) is 17.3 Å². The van der Waals surface area contributed by atoms with E-state index in [1.807, 2.05) is 0 Å². The number of benzene rings is 1. The van der Waals surface area contributed by atoms with Crippen LogP contribution in [-0.2, 0) is 4.79 Å². The van der Waals surface area contributed by atoms with Crippen LogP contribution in [0.15, 0.2) is 18.2 Å². The molecule has 8 heteroatoms. The molecule has 1 aliphatic carbocycles. The molecule has 0 aliphatic heterocycles. The molecule has 0 radical (unpaired) electrons. The van der Waals surface area contributed by atoms with Crippen molar-refractivity contribution in [2.24, 2.45) is 17.6 Å². The van der Waals surface area contributed by atoms with E-state index >= 15 is 0 Å². The van der Waals surface area contributed by atoms with E-state index in [-0.39, 0.29) is 34.0 Å². The second kappa shape index (κ2) is 7.41. The first-order chi connectivity index (χ1) is 10.9. The molecule has 0 atom stereocenters. The van der Waals surface area contributed by atoms with E-state index in [1.54, 1.807) is 0 Å². The molecule has 1 aromatic carbocycles. The highest BCUT2D eigenvalue weighted by Gasteiger charge is 2.27. The number of halogens is 1. The van der Waals surface area contributed by atoms with Crippen LogP contribution in [0.5, 0.6) is 0 Å². The lowest BCUT2D eigenvalue weighted by Crippen LogP contribution is -2.34. The first-order valence-electron chi connectivity index (χ1n) is 7.40. The van der Waals surface area contributed by atoms with Gasteiger partial charge < -0.3 is 11.1 Å². The zero-order valence-electron chi connectivity index (χ0n) is 12.5. The summed E-state index contributed by atoms with van der Waals surface area (Å²) in [6.07, 6.45) is 3.00. The van der Waals surface area contributed by atoms with Crippen LogP contribution < -0.4 is 11.1 Å². The number of carbonyl (C=O) groups excluding carboxylic acids is 2. The summed E-state index contributed by atoms with van der Waals surface area (Å²) in [5.41, 5.74) is 4.85. The SMILES string of the molecule is NC(=O)C1CCC(CNC(=O)c2c(Cl)cccc2[N+](=O)[O-])CC1. The molecule has 3 N–H and O–H groups in total. The maximum absolute atomic E-state index is 12.2. The van der Waals surface area contributed by atoms with Crippen molar-refractivity contribution < 1.29 is 14.5 Å². The van der Waals surface area contributed by atoms with Gasteiger partial charge in [0.2, 0.25) is 5.91 Å². The van der Waals surface area contributed by atoms with Gasteiger partial charge in [0, 0.05) is 18.5 Å². The Hall–Kier alpha value is -2.15. The fourth-order valence-corrected chi connectivity index (χ4v) is 3.12. The van der Waals surface area contributed by atoms with Gasteiger partial charge in [-0.2, -0.15) is 0 Å². The highest BCUT2D eigenvalue weighted by molar-refractivity contribution is 6.34. The molecule has 1 saturated carbocycles. The maximum Gasteiger partial charge on any atom is 0.283 e. The van der Waals surface area contributed by atoms with Crippen molar-refractivity contribution in [3.05, 3.63) is 38.9 Å². The van der Waals surface area contributed by atoms with Crippen molar-refractivity contribution in [2.75, 3.05) is 6.54 Å². The highest BCUT2D eigenvalue weighted by Crippen LogP contribution is 2.29. The topological polar surface area (TPSA) is 115 Å². The van der Waals surface area contributed by atoms with Crippen LogP contribution in [0.4, 0.5) is 5.69 Å². The molecule has 1 aliphatic rings. The van der Waals surface area contributed by atoms with Gasteiger partial charge in [0.25, 0.3) is 11.6 Å². The molecule has 23 heavy (non-hydrogen) atoms. The number of nitro benzene ring substituents is 1. The van der Waals surface area contributed by atoms with Crippen LogP contribution >= 0.6 is 11.6 Å². The van der Waals surface area contributed by atoms with Crippen molar-refractivity contribution in [3.8, 4) is 0 Å². The van der Waals surface area contributed by atoms with Crippen molar-refractivity contribution >= 4 is 29.1 Å². The van der Waals surface area contributed by atoms with E-state index in [2.05, 4.69) is 5.32 Å². The standard InChI is InChI=1S/C15H18ClN3O4/c16-11-2-1-3-12(19(22)23)13(11)15(21)18-8-9-4-6-10(7-5-9)14(17)20/h1-3,9-10H,4-8H2,(H2,17,20)(H,18,21). The summed E-state index contributed by atoms with van der Waals surface area (Å²) in [6.45, 7) is 0.396. The summed E-state index contributed by atoms with van der Waals surface area (Å²) in [7, 11) is 0. The molecule has 1 fully saturated rings. The van der Waals surface area contributed by atoms with E-state index < -0.39 is 10.8 Å². The quantitative estimate of drug-likeness (QED) is 0.632. The van der Waals surface area contributed by atoms with E-state index in [0.29, 0.717) is 19.4 Å². The van der Waals surface area contributed by atoms with Gasteiger partial charge in [-0.15, -0.1) is 0 Å². The largest absolute Gasteiger partial charge is 0.369 e. The molecule has 1 aromatic rings. The molecule has 0 bridgehead atoms. The molecule has 2 rings (SSSR count). The number of primary amides is 1. The van der Waals surface area contributed by atoms with E-state index in [0.717, 1.165) is 12.8 Å². The molecule has 0 unspecified atom stereocenters. The summed E-state index contributed by atoms with van der Waals surface area (Å²) in [5, 5.41) is 13.8. The lowest BCUT2D eigenvalue weighted by molar-refractivity contribution is -0.385. The first-order valence-corrected chi connectivity index (χ1v) is 7.78. The van der Waals surface area contributed by atoms with Crippen LogP contribution in [0, 0.1) is 22.0 Å². The molecule has 0 spiro atoms. The Morgan fingerprint density at radius 2 is 1.96 bits per heavy atom. The van der Waals surface area contributed by atoms with Crippen LogP contribution in [0.25, 0.3) is 0 Å². The number of hydrogen-bond acceptors (Lipinski definition) is 4. The van der Waals surface area contributed by atoms with Gasteiger partial charge in [-0.25, -0.2) is 0 Å². The van der Waals surface area contributed by atoms with Gasteiger partial charge in [-0.1, -0.05) is 17.7 Å². The molecule has 2 amide bonds. The summed E-state index contributed by atoms with van der Waals surface area (Å²) >= 11 is 5.93. The van der Waals surface area contributed by atoms with Gasteiger partial charge in [-0.3, -0.25) is 19.7 Å². The Kier molecular flexibility index (Phi) is 5.54. The molecule has 124 valence electrons. The Morgan fingerprint density at radius 1 is 1.30 bits per heavy atom. The minimum Gasteiger partial charge on any atom is -0.369 e. The van der Waals surface area contributed by atoms with Gasteiger partial charge in [0.1, 0.15) is 5.56 Å². The van der Waals surface area contributed by atoms with Crippen LogP contribution in [0.2, 0.25) is 5.02 Å². The lowest BCUT2D eigenvalue weighted by atomic mass is 9.81. The normalized spacial score (nSPS) is 20.7. The van der Waals surface area contributed by atoms with Crippen molar-refractivity contribution in [1.29, 1.82) is 0 Å². The number of hydrogen-bond donors (Lipinski definition) is 2. The van der Waals surface area contributed by atoms with Crippen LogP contribution in [-0.4, -0.2) is 23.3 Å². The Morgan fingerprint density at radius 3 is 2.52 bits per heavy atom. The summed E-state index contributed by atoms with van der Waals surface area (Å²) < 4.78 is 0. The maximum atomic E-state index is 12.2. The first kappa shape index (κ1) is 17.2. The number of nitrogens with one attached hydrogen (secondary N) is 1. The fraction of sp³-hybridized carbons (Fsp3) is 0.467. The van der Waals surface area contributed by atoms with E-state index in [9.17, 15) is 19.7 Å². The lowest BCUT2D eigenvalue weighted by Gasteiger charge is -2.26. The van der Waals surface area contributed by atoms with Gasteiger partial charge in [0.15, 0.2) is 0 Å². The van der Waals surface area contributed by atoms with Crippen molar-refractivity contribution in [1.82, 2.24) is 5.32 Å². The Bertz CT molecular complexity index is 627. The number of nitrogens with two attached hydrogens (primary N) is 1. The minimum absolute atomic E-state index is 0.0501. The molecule has 0 saturated heterocycles. The zero-order valence-corrected chi connectivity index (χ0v) is 13.2. The molecular weight excluding hydrogens is 322 g/mol. The molecule has 0 aromatic heterocycles. The van der Waals surface area contributed by atoms with Crippen LogP contribution in [0.3, 0.4) is 0 Å². The monoisotopic (exact) mass is 339 g/mol. The van der Waals surface area contributed by atoms with Crippen molar-refractivity contribution in [2.45, 2.75) is 25.7 Å². The predicted molar refractivity (Wildman–Crippen MR) is 85.1 cm³/mol. The number of nitro groups is 1. The number of carbonyl (C=O) groups is 2. The molecule has 7 nitrogen and oxygen atoms in total. The molecule has 0 heterocycles. The summed E-state index contributed by atoms with van der Waals surface area (Å²) in [6, 6.07) is 4.13. The number of rotatable bonds is 5. The van der Waals surface area contributed by atoms with Gasteiger partial charge in [0.05, 0.1) is 9.95 Å². The van der Waals surface area contributed by atoms with Crippen molar-refractivity contribution in [3.63, 3.8) is 0 Å². The number of nitrogens with zero attached hydrogens (tertiary/aromatic N) is 1. The highest BCUT2D eigenvalue weighted by atomic mass is 35.5. The Labute approximate surface area is 138 Å². The average Bonchev–Trinajstić information content (AvgIpc) is 2.52. The van der Waals surface area contributed by atoms with Gasteiger partial charge in [-0.05, 0) is 37.7 Å². The fourth-order valence-electron chi connectivity index (χ4n) is 2.87. The predicted octanol–water partition coefficient (Wildman–Crippen LogP) is 2.27. The summed E-state index contributed by atoms with van der Waals surface area (Å²) in [5.74, 6) is -0.693. The number of amides is 2. The van der Waals surface area contributed by atoms with Crippen LogP contribution in [0.1, 0.15) is 36.0 Å². The smallest absolute Gasteiger partial charge is 0.283 e. The molecular formula is C15H18ClN3O4. The second-order valence-corrected chi connectivity index (χ2v) is 6.13. The zero-order chi connectivity index (χ0) is 17.0. The minimum atomic E-state index is -0.626. The van der Waals surface area contributed by atoms with Gasteiger partial charge >= 0.3 is 0 Å². The third-order valence-corrected chi connectivity index (χ3v) is 4.53. The average molecular weight is 340 g/mol. The third-order valence-electron chi connectivity index (χ3n) is 4.22. The third kappa shape index (κ3) is 4.19. The Balaban J connectivity index is 1.96.